The van der Waals surface area contributed by atoms with Gasteiger partial charge >= 0.3 is 0 Å². The van der Waals surface area contributed by atoms with E-state index < -0.39 is 0 Å². The van der Waals surface area contributed by atoms with Crippen molar-refractivity contribution in [1.29, 1.82) is 0 Å². The Morgan fingerprint density at radius 1 is 0.309 bits per heavy atom. The molecule has 2 heterocycles. The Kier molecular flexibility index (Phi) is 7.17. The Hall–Kier alpha value is -7.36. The third kappa shape index (κ3) is 5.20. The summed E-state index contributed by atoms with van der Waals surface area (Å²) in [5.74, 6) is 0. The van der Waals surface area contributed by atoms with Gasteiger partial charge in [-0.25, -0.2) is 0 Å². The minimum absolute atomic E-state index is 0.882. The second-order valence-corrected chi connectivity index (χ2v) is 14.1. The van der Waals surface area contributed by atoms with Gasteiger partial charge in [0.25, 0.3) is 0 Å². The number of hydrogen-bond acceptors (Lipinski definition) is 3. The van der Waals surface area contributed by atoms with Crippen molar-refractivity contribution in [3.8, 4) is 33.4 Å². The largest absolute Gasteiger partial charge is 0.456 e. The zero-order valence-corrected chi connectivity index (χ0v) is 29.8. The molecule has 0 radical (unpaired) electrons. The zero-order valence-electron chi connectivity index (χ0n) is 29.8. The van der Waals surface area contributed by atoms with Gasteiger partial charge in [-0.15, -0.1) is 0 Å². The highest BCUT2D eigenvalue weighted by Gasteiger charge is 2.22. The minimum atomic E-state index is 0.882. The van der Waals surface area contributed by atoms with Crippen LogP contribution in [0.5, 0.6) is 0 Å². The van der Waals surface area contributed by atoms with Crippen molar-refractivity contribution in [2.24, 2.45) is 0 Å². The van der Waals surface area contributed by atoms with Crippen LogP contribution in [0, 0.1) is 0 Å². The standard InChI is InChI=1S/C52H33NO2/c1-2-13-34(14-3-1)40-17-6-9-22-47(40)53(39-28-25-35(26-29-39)42-20-12-21-44-43-19-8-11-24-49(43)55-52(42)44)48-23-10-7-18-41(48)38-27-30-50-45(32-38)46-31-36-15-4-5-16-37(36)33-51(46)54-50/h1-33H. The number of anilines is 3. The first kappa shape index (κ1) is 31.2. The van der Waals surface area contributed by atoms with Gasteiger partial charge in [0, 0.05) is 43.9 Å². The maximum atomic E-state index is 6.44. The molecular weight excluding hydrogens is 671 g/mol. The van der Waals surface area contributed by atoms with Gasteiger partial charge in [-0.2, -0.15) is 0 Å². The second kappa shape index (κ2) is 12.6. The molecule has 0 bridgehead atoms. The number of nitrogens with zero attached hydrogens (tertiary/aromatic N) is 1. The molecule has 0 saturated carbocycles. The van der Waals surface area contributed by atoms with Crippen molar-refractivity contribution in [1.82, 2.24) is 0 Å². The molecule has 0 atom stereocenters. The van der Waals surface area contributed by atoms with Crippen LogP contribution in [0.25, 0.3) is 88.0 Å². The number of fused-ring (bicyclic) bond motifs is 7. The van der Waals surface area contributed by atoms with Gasteiger partial charge in [0.05, 0.1) is 11.4 Å². The summed E-state index contributed by atoms with van der Waals surface area (Å²) in [6.45, 7) is 0. The number of benzene rings is 9. The van der Waals surface area contributed by atoms with Crippen LogP contribution in [0.3, 0.4) is 0 Å². The van der Waals surface area contributed by atoms with Crippen LogP contribution in [-0.2, 0) is 0 Å². The van der Waals surface area contributed by atoms with Crippen molar-refractivity contribution in [2.45, 2.75) is 0 Å². The Bertz CT molecular complexity index is 3210. The van der Waals surface area contributed by atoms with Gasteiger partial charge in [0.1, 0.15) is 22.3 Å². The molecule has 0 amide bonds. The average Bonchev–Trinajstić information content (AvgIpc) is 3.81. The molecule has 0 fully saturated rings. The topological polar surface area (TPSA) is 29.5 Å². The van der Waals surface area contributed by atoms with E-state index in [1.165, 1.54) is 10.8 Å². The van der Waals surface area contributed by atoms with Crippen LogP contribution in [0.15, 0.2) is 209 Å². The van der Waals surface area contributed by atoms with E-state index in [1.807, 2.05) is 12.1 Å². The van der Waals surface area contributed by atoms with Crippen molar-refractivity contribution in [3.63, 3.8) is 0 Å². The molecule has 3 nitrogen and oxygen atoms in total. The summed E-state index contributed by atoms with van der Waals surface area (Å²) in [5, 5.41) is 6.86. The number of furan rings is 2. The van der Waals surface area contributed by atoms with Crippen molar-refractivity contribution >= 4 is 71.7 Å². The molecule has 0 aliphatic rings. The first-order chi connectivity index (χ1) is 27.3. The molecule has 0 saturated heterocycles. The highest BCUT2D eigenvalue weighted by atomic mass is 16.3. The molecule has 9 aromatic carbocycles. The molecule has 11 rings (SSSR count). The minimum Gasteiger partial charge on any atom is -0.456 e. The fraction of sp³-hybridized carbons (Fsp3) is 0. The van der Waals surface area contributed by atoms with E-state index in [2.05, 4.69) is 193 Å². The molecule has 0 N–H and O–H groups in total. The monoisotopic (exact) mass is 703 g/mol. The first-order valence-corrected chi connectivity index (χ1v) is 18.7. The molecule has 55 heavy (non-hydrogen) atoms. The predicted octanol–water partition coefficient (Wildman–Crippen LogP) is 15.1. The lowest BCUT2D eigenvalue weighted by molar-refractivity contribution is 0.669. The molecule has 3 heteroatoms. The third-order valence-corrected chi connectivity index (χ3v) is 10.9. The van der Waals surface area contributed by atoms with Crippen LogP contribution in [0.2, 0.25) is 0 Å². The van der Waals surface area contributed by atoms with Gasteiger partial charge in [-0.05, 0) is 82.1 Å². The van der Waals surface area contributed by atoms with E-state index in [1.54, 1.807) is 0 Å². The predicted molar refractivity (Wildman–Crippen MR) is 229 cm³/mol. The van der Waals surface area contributed by atoms with E-state index >= 15 is 0 Å². The maximum absolute atomic E-state index is 6.44. The molecule has 0 spiro atoms. The summed E-state index contributed by atoms with van der Waals surface area (Å²) >= 11 is 0. The number of para-hydroxylation sites is 4. The van der Waals surface area contributed by atoms with Crippen molar-refractivity contribution in [2.75, 3.05) is 4.90 Å². The van der Waals surface area contributed by atoms with E-state index in [0.29, 0.717) is 0 Å². The highest BCUT2D eigenvalue weighted by Crippen LogP contribution is 2.46. The molecule has 0 unspecified atom stereocenters. The Morgan fingerprint density at radius 2 is 0.873 bits per heavy atom. The number of rotatable bonds is 6. The number of hydrogen-bond donors (Lipinski definition) is 0. The SMILES string of the molecule is c1ccc(-c2ccccc2N(c2ccc(-c3cccc4c3oc3ccccc34)cc2)c2ccccc2-c2ccc3oc4cc5ccccc5cc4c3c2)cc1. The van der Waals surface area contributed by atoms with Crippen LogP contribution in [0.1, 0.15) is 0 Å². The Labute approximate surface area is 317 Å². The molecule has 0 aliphatic carbocycles. The van der Waals surface area contributed by atoms with Gasteiger partial charge in [-0.1, -0.05) is 146 Å². The summed E-state index contributed by atoms with van der Waals surface area (Å²) in [4.78, 5) is 2.40. The summed E-state index contributed by atoms with van der Waals surface area (Å²) in [6.07, 6.45) is 0. The lowest BCUT2D eigenvalue weighted by Crippen LogP contribution is -2.12. The van der Waals surface area contributed by atoms with Gasteiger partial charge in [0.15, 0.2) is 0 Å². The van der Waals surface area contributed by atoms with Gasteiger partial charge < -0.3 is 13.7 Å². The summed E-state index contributed by atoms with van der Waals surface area (Å²) in [6, 6.07) is 71.0. The zero-order chi connectivity index (χ0) is 36.3. The smallest absolute Gasteiger partial charge is 0.143 e. The Balaban J connectivity index is 1.09. The molecule has 2 aromatic heterocycles. The van der Waals surface area contributed by atoms with Crippen molar-refractivity contribution < 1.29 is 8.83 Å². The lowest BCUT2D eigenvalue weighted by Gasteiger charge is -2.30. The molecule has 258 valence electrons. The van der Waals surface area contributed by atoms with Crippen LogP contribution >= 0.6 is 0 Å². The van der Waals surface area contributed by atoms with Crippen molar-refractivity contribution in [3.05, 3.63) is 200 Å². The summed E-state index contributed by atoms with van der Waals surface area (Å²) in [7, 11) is 0. The quantitative estimate of drug-likeness (QED) is 0.173. The molecular formula is C52H33NO2. The summed E-state index contributed by atoms with van der Waals surface area (Å²) in [5.41, 5.74) is 13.5. The molecule has 11 aromatic rings. The maximum Gasteiger partial charge on any atom is 0.143 e. The van der Waals surface area contributed by atoms with E-state index in [-0.39, 0.29) is 0 Å². The fourth-order valence-electron chi connectivity index (χ4n) is 8.25. The fourth-order valence-corrected chi connectivity index (χ4v) is 8.25. The van der Waals surface area contributed by atoms with E-state index in [0.717, 1.165) is 94.3 Å². The third-order valence-electron chi connectivity index (χ3n) is 10.9. The van der Waals surface area contributed by atoms with Crippen LogP contribution in [-0.4, -0.2) is 0 Å². The average molecular weight is 704 g/mol. The summed E-state index contributed by atoms with van der Waals surface area (Å²) < 4.78 is 12.8. The van der Waals surface area contributed by atoms with E-state index in [9.17, 15) is 0 Å². The van der Waals surface area contributed by atoms with Crippen LogP contribution < -0.4 is 4.90 Å². The molecule has 0 aliphatic heterocycles. The van der Waals surface area contributed by atoms with E-state index in [4.69, 9.17) is 8.83 Å². The lowest BCUT2D eigenvalue weighted by atomic mass is 9.97. The van der Waals surface area contributed by atoms with Gasteiger partial charge in [0.2, 0.25) is 0 Å². The first-order valence-electron chi connectivity index (χ1n) is 18.7. The highest BCUT2D eigenvalue weighted by molar-refractivity contribution is 6.12. The van der Waals surface area contributed by atoms with Gasteiger partial charge in [-0.3, -0.25) is 0 Å². The normalized spacial score (nSPS) is 11.6. The second-order valence-electron chi connectivity index (χ2n) is 14.1. The Morgan fingerprint density at radius 3 is 1.67 bits per heavy atom. The van der Waals surface area contributed by atoms with Crippen LogP contribution in [0.4, 0.5) is 17.1 Å².